The Bertz CT molecular complexity index is 730. The van der Waals surface area contributed by atoms with Crippen molar-refractivity contribution in [1.82, 2.24) is 5.32 Å². The Kier molecular flexibility index (Phi) is 6.65. The van der Waals surface area contributed by atoms with Crippen LogP contribution < -0.4 is 10.1 Å². The van der Waals surface area contributed by atoms with E-state index >= 15 is 0 Å². The normalized spacial score (nSPS) is 11.5. The third kappa shape index (κ3) is 6.28. The zero-order chi connectivity index (χ0) is 18.3. The lowest BCUT2D eigenvalue weighted by atomic mass is 9.87. The summed E-state index contributed by atoms with van der Waals surface area (Å²) in [4.78, 5) is 11.8. The molecule has 0 radical (unpaired) electrons. The number of nitrogens with one attached hydrogen (secondary N) is 1. The number of para-hydroxylation sites is 1. The highest BCUT2D eigenvalue weighted by Gasteiger charge is 2.12. The number of carbonyl (C=O) groups excluding carboxylic acids is 1. The summed E-state index contributed by atoms with van der Waals surface area (Å²) in [6, 6.07) is 15.5. The molecule has 132 valence electrons. The van der Waals surface area contributed by atoms with Gasteiger partial charge in [-0.15, -0.1) is 0 Å². The Morgan fingerprint density at radius 1 is 1.12 bits per heavy atom. The van der Waals surface area contributed by atoms with E-state index in [1.807, 2.05) is 24.3 Å². The van der Waals surface area contributed by atoms with Crippen molar-refractivity contribution in [3.63, 3.8) is 0 Å². The number of carbonyl (C=O) groups is 1. The van der Waals surface area contributed by atoms with E-state index in [4.69, 9.17) is 16.3 Å². The van der Waals surface area contributed by atoms with Gasteiger partial charge in [0.25, 0.3) is 0 Å². The van der Waals surface area contributed by atoms with Crippen molar-refractivity contribution < 1.29 is 9.53 Å². The maximum absolute atomic E-state index is 11.8. The molecule has 1 N–H and O–H groups in total. The molecule has 4 heteroatoms. The first-order valence-corrected chi connectivity index (χ1v) is 8.68. The van der Waals surface area contributed by atoms with E-state index in [2.05, 4.69) is 38.2 Å². The summed E-state index contributed by atoms with van der Waals surface area (Å²) < 4.78 is 5.52. The van der Waals surface area contributed by atoms with Gasteiger partial charge in [-0.05, 0) is 34.8 Å². The van der Waals surface area contributed by atoms with Gasteiger partial charge in [-0.3, -0.25) is 4.79 Å². The number of amides is 1. The molecule has 0 heterocycles. The number of benzene rings is 2. The van der Waals surface area contributed by atoms with Crippen molar-refractivity contribution in [2.45, 2.75) is 26.2 Å². The first-order chi connectivity index (χ1) is 11.9. The Morgan fingerprint density at radius 3 is 2.44 bits per heavy atom. The summed E-state index contributed by atoms with van der Waals surface area (Å²) in [6.07, 6.45) is 3.33. The molecule has 2 aromatic carbocycles. The quantitative estimate of drug-likeness (QED) is 0.593. The van der Waals surface area contributed by atoms with E-state index in [1.165, 1.54) is 11.6 Å². The fourth-order valence-corrected chi connectivity index (χ4v) is 2.41. The molecule has 1 amide bonds. The molecule has 0 aromatic heterocycles. The van der Waals surface area contributed by atoms with E-state index in [0.29, 0.717) is 23.9 Å². The minimum absolute atomic E-state index is 0.126. The van der Waals surface area contributed by atoms with Gasteiger partial charge in [-0.1, -0.05) is 68.8 Å². The highest BCUT2D eigenvalue weighted by Crippen LogP contribution is 2.23. The van der Waals surface area contributed by atoms with E-state index in [9.17, 15) is 4.79 Å². The first-order valence-electron chi connectivity index (χ1n) is 8.30. The largest absolute Gasteiger partial charge is 0.490 e. The van der Waals surface area contributed by atoms with Crippen molar-refractivity contribution in [2.24, 2.45) is 0 Å². The molecule has 0 saturated carbocycles. The molecular formula is C21H24ClNO2. The fourth-order valence-electron chi connectivity index (χ4n) is 2.22. The molecule has 2 rings (SSSR count). The minimum Gasteiger partial charge on any atom is -0.490 e. The van der Waals surface area contributed by atoms with Crippen molar-refractivity contribution in [1.29, 1.82) is 0 Å². The van der Waals surface area contributed by atoms with Crippen LogP contribution in [-0.4, -0.2) is 19.1 Å². The van der Waals surface area contributed by atoms with E-state index in [1.54, 1.807) is 18.2 Å². The van der Waals surface area contributed by atoms with Crippen LogP contribution in [0.5, 0.6) is 5.75 Å². The van der Waals surface area contributed by atoms with Crippen molar-refractivity contribution >= 4 is 23.6 Å². The van der Waals surface area contributed by atoms with E-state index in [0.717, 1.165) is 5.56 Å². The van der Waals surface area contributed by atoms with Gasteiger partial charge >= 0.3 is 0 Å². The van der Waals surface area contributed by atoms with Crippen molar-refractivity contribution in [3.8, 4) is 5.75 Å². The SMILES string of the molecule is CC(C)(C)c1ccc(/C=C/C(=O)NCCOc2ccccc2Cl)cc1. The molecule has 0 atom stereocenters. The summed E-state index contributed by atoms with van der Waals surface area (Å²) in [6.45, 7) is 7.31. The van der Waals surface area contributed by atoms with Crippen LogP contribution in [0, 0.1) is 0 Å². The maximum atomic E-state index is 11.8. The number of ether oxygens (including phenoxy) is 1. The summed E-state index contributed by atoms with van der Waals surface area (Å²) >= 11 is 6.00. The summed E-state index contributed by atoms with van der Waals surface area (Å²) in [7, 11) is 0. The van der Waals surface area contributed by atoms with Crippen LogP contribution in [0.2, 0.25) is 5.02 Å². The van der Waals surface area contributed by atoms with Gasteiger partial charge < -0.3 is 10.1 Å². The lowest BCUT2D eigenvalue weighted by molar-refractivity contribution is -0.116. The third-order valence-corrected chi connectivity index (χ3v) is 4.01. The fraction of sp³-hybridized carbons (Fsp3) is 0.286. The van der Waals surface area contributed by atoms with Gasteiger partial charge in [0.1, 0.15) is 12.4 Å². The molecule has 2 aromatic rings. The van der Waals surface area contributed by atoms with Crippen LogP contribution in [0.1, 0.15) is 31.9 Å². The first kappa shape index (κ1) is 19.1. The Labute approximate surface area is 154 Å². The number of hydrogen-bond acceptors (Lipinski definition) is 2. The number of rotatable bonds is 6. The lowest BCUT2D eigenvalue weighted by Crippen LogP contribution is -2.26. The predicted octanol–water partition coefficient (Wildman–Crippen LogP) is 4.85. The smallest absolute Gasteiger partial charge is 0.244 e. The monoisotopic (exact) mass is 357 g/mol. The lowest BCUT2D eigenvalue weighted by Gasteiger charge is -2.18. The standard InChI is InChI=1S/C21H24ClNO2/c1-21(2,3)17-11-8-16(9-12-17)10-13-20(24)23-14-15-25-19-7-5-4-6-18(19)22/h4-13H,14-15H2,1-3H3,(H,23,24)/b13-10+. The zero-order valence-electron chi connectivity index (χ0n) is 14.9. The maximum Gasteiger partial charge on any atom is 0.244 e. The van der Waals surface area contributed by atoms with Gasteiger partial charge in [-0.25, -0.2) is 0 Å². The van der Waals surface area contributed by atoms with Crippen LogP contribution in [-0.2, 0) is 10.2 Å². The molecule has 3 nitrogen and oxygen atoms in total. The Balaban J connectivity index is 1.76. The molecule has 25 heavy (non-hydrogen) atoms. The highest BCUT2D eigenvalue weighted by molar-refractivity contribution is 6.32. The minimum atomic E-state index is -0.150. The number of hydrogen-bond donors (Lipinski definition) is 1. The predicted molar refractivity (Wildman–Crippen MR) is 104 cm³/mol. The molecular weight excluding hydrogens is 334 g/mol. The third-order valence-electron chi connectivity index (χ3n) is 3.70. The molecule has 0 unspecified atom stereocenters. The second kappa shape index (κ2) is 8.72. The topological polar surface area (TPSA) is 38.3 Å². The molecule has 0 bridgehead atoms. The highest BCUT2D eigenvalue weighted by atomic mass is 35.5. The van der Waals surface area contributed by atoms with Crippen molar-refractivity contribution in [2.75, 3.05) is 13.2 Å². The van der Waals surface area contributed by atoms with Crippen LogP contribution in [0.3, 0.4) is 0 Å². The van der Waals surface area contributed by atoms with Crippen LogP contribution in [0.4, 0.5) is 0 Å². The van der Waals surface area contributed by atoms with Crippen LogP contribution in [0.25, 0.3) is 6.08 Å². The Hall–Kier alpha value is -2.26. The van der Waals surface area contributed by atoms with E-state index in [-0.39, 0.29) is 11.3 Å². The average Bonchev–Trinajstić information content (AvgIpc) is 2.58. The molecule has 0 spiro atoms. The van der Waals surface area contributed by atoms with Gasteiger partial charge in [0.05, 0.1) is 11.6 Å². The molecule has 0 aliphatic rings. The summed E-state index contributed by atoms with van der Waals surface area (Å²) in [5.74, 6) is 0.468. The second-order valence-corrected chi connectivity index (χ2v) is 7.18. The average molecular weight is 358 g/mol. The summed E-state index contributed by atoms with van der Waals surface area (Å²) in [5, 5.41) is 3.35. The molecule has 0 aliphatic heterocycles. The van der Waals surface area contributed by atoms with Gasteiger partial charge in [0.2, 0.25) is 5.91 Å². The van der Waals surface area contributed by atoms with Crippen LogP contribution >= 0.6 is 11.6 Å². The molecule has 0 saturated heterocycles. The van der Waals surface area contributed by atoms with Crippen LogP contribution in [0.15, 0.2) is 54.6 Å². The zero-order valence-corrected chi connectivity index (χ0v) is 15.6. The molecule has 0 fully saturated rings. The van der Waals surface area contributed by atoms with Gasteiger partial charge in [-0.2, -0.15) is 0 Å². The Morgan fingerprint density at radius 2 is 1.80 bits per heavy atom. The summed E-state index contributed by atoms with van der Waals surface area (Å²) in [5.41, 5.74) is 2.39. The van der Waals surface area contributed by atoms with E-state index < -0.39 is 0 Å². The molecule has 0 aliphatic carbocycles. The van der Waals surface area contributed by atoms with Gasteiger partial charge in [0.15, 0.2) is 0 Å². The second-order valence-electron chi connectivity index (χ2n) is 6.78. The van der Waals surface area contributed by atoms with Crippen molar-refractivity contribution in [3.05, 3.63) is 70.8 Å². The van der Waals surface area contributed by atoms with Gasteiger partial charge in [0, 0.05) is 6.08 Å². The number of halogens is 1.